The van der Waals surface area contributed by atoms with Crippen LogP contribution in [0.2, 0.25) is 5.02 Å². The van der Waals surface area contributed by atoms with Crippen molar-refractivity contribution < 1.29 is 4.79 Å². The second-order valence-corrected chi connectivity index (χ2v) is 7.94. The Hall–Kier alpha value is -3.11. The van der Waals surface area contributed by atoms with Crippen molar-refractivity contribution in [2.24, 2.45) is 0 Å². The lowest BCUT2D eigenvalue weighted by Gasteiger charge is -2.29. The van der Waals surface area contributed by atoms with Crippen molar-refractivity contribution in [2.75, 3.05) is 10.6 Å². The first-order chi connectivity index (χ1) is 14.2. The van der Waals surface area contributed by atoms with Gasteiger partial charge in [0, 0.05) is 35.1 Å². The maximum Gasteiger partial charge on any atom is 0.163 e. The van der Waals surface area contributed by atoms with Gasteiger partial charge in [0.05, 0.1) is 17.4 Å². The number of benzene rings is 2. The van der Waals surface area contributed by atoms with Gasteiger partial charge in [0.25, 0.3) is 0 Å². The number of pyridine rings is 1. The molecule has 1 aromatic heterocycles. The molecule has 2 aliphatic rings. The van der Waals surface area contributed by atoms with E-state index >= 15 is 0 Å². The smallest absolute Gasteiger partial charge is 0.163 e. The number of Topliss-reactive ketones (excluding diaryl/α,β-unsaturated/α-hetero) is 1. The molecule has 2 heterocycles. The first-order valence-electron chi connectivity index (χ1n) is 9.73. The van der Waals surface area contributed by atoms with Crippen LogP contribution >= 0.6 is 11.6 Å². The van der Waals surface area contributed by atoms with Crippen molar-refractivity contribution in [3.63, 3.8) is 0 Å². The van der Waals surface area contributed by atoms with Crippen LogP contribution in [0.5, 0.6) is 0 Å². The number of allylic oxidation sites excluding steroid dienone is 1. The lowest BCUT2D eigenvalue weighted by molar-refractivity contribution is -0.116. The molecule has 0 spiro atoms. The number of nitrogens with one attached hydrogen (secondary N) is 2. The Morgan fingerprint density at radius 1 is 0.897 bits per heavy atom. The zero-order valence-electron chi connectivity index (χ0n) is 15.7. The van der Waals surface area contributed by atoms with E-state index in [1.165, 1.54) is 0 Å². The molecule has 0 saturated carbocycles. The number of anilines is 2. The highest BCUT2D eigenvalue weighted by Crippen LogP contribution is 2.44. The van der Waals surface area contributed by atoms with Gasteiger partial charge in [0.1, 0.15) is 0 Å². The van der Waals surface area contributed by atoms with Crippen molar-refractivity contribution >= 4 is 28.8 Å². The van der Waals surface area contributed by atoms with Crippen molar-refractivity contribution in [1.29, 1.82) is 0 Å². The summed E-state index contributed by atoms with van der Waals surface area (Å²) in [5.41, 5.74) is 5.87. The summed E-state index contributed by atoms with van der Waals surface area (Å²) in [5, 5.41) is 7.83. The predicted molar refractivity (Wildman–Crippen MR) is 116 cm³/mol. The van der Waals surface area contributed by atoms with Crippen LogP contribution < -0.4 is 10.6 Å². The number of nitrogens with zero attached hydrogens (tertiary/aromatic N) is 1. The predicted octanol–water partition coefficient (Wildman–Crippen LogP) is 5.71. The quantitative estimate of drug-likeness (QED) is 0.577. The molecular formula is C24H20ClN3O. The average Bonchev–Trinajstić information content (AvgIpc) is 2.92. The van der Waals surface area contributed by atoms with Gasteiger partial charge in [0.15, 0.2) is 5.78 Å². The lowest BCUT2D eigenvalue weighted by atomic mass is 9.79. The second kappa shape index (κ2) is 7.37. The van der Waals surface area contributed by atoms with Crippen molar-refractivity contribution in [3.05, 3.63) is 100 Å². The van der Waals surface area contributed by atoms with Gasteiger partial charge < -0.3 is 10.6 Å². The van der Waals surface area contributed by atoms with Gasteiger partial charge in [-0.15, -0.1) is 0 Å². The minimum Gasteiger partial charge on any atom is -0.372 e. The number of fused-ring (bicyclic) bond motifs is 1. The summed E-state index contributed by atoms with van der Waals surface area (Å²) in [4.78, 5) is 17.7. The molecule has 1 aliphatic heterocycles. The first kappa shape index (κ1) is 18.0. The van der Waals surface area contributed by atoms with Crippen LogP contribution in [0.1, 0.15) is 35.9 Å². The number of para-hydroxylation sites is 2. The topological polar surface area (TPSA) is 54.0 Å². The Labute approximate surface area is 174 Å². The van der Waals surface area contributed by atoms with E-state index in [1.807, 2.05) is 66.9 Å². The fraction of sp³-hybridized carbons (Fsp3) is 0.167. The Bertz CT molecular complexity index is 1090. The molecule has 4 nitrogen and oxygen atoms in total. The molecule has 0 radical (unpaired) electrons. The van der Waals surface area contributed by atoms with Gasteiger partial charge in [-0.1, -0.05) is 41.9 Å². The van der Waals surface area contributed by atoms with E-state index in [0.717, 1.165) is 40.2 Å². The van der Waals surface area contributed by atoms with Gasteiger partial charge in [0.2, 0.25) is 0 Å². The maximum atomic E-state index is 13.4. The summed E-state index contributed by atoms with van der Waals surface area (Å²) in [6.45, 7) is 0. The first-order valence-corrected chi connectivity index (χ1v) is 10.1. The summed E-state index contributed by atoms with van der Waals surface area (Å²) in [7, 11) is 0. The van der Waals surface area contributed by atoms with E-state index in [1.54, 1.807) is 6.20 Å². The normalized spacial score (nSPS) is 20.8. The fourth-order valence-electron chi connectivity index (χ4n) is 4.26. The highest BCUT2D eigenvalue weighted by molar-refractivity contribution is 6.30. The van der Waals surface area contributed by atoms with Crippen LogP contribution in [0.4, 0.5) is 11.4 Å². The number of aromatic nitrogens is 1. The van der Waals surface area contributed by atoms with Crippen molar-refractivity contribution in [2.45, 2.75) is 24.8 Å². The fourth-order valence-corrected chi connectivity index (χ4v) is 4.39. The van der Waals surface area contributed by atoms with Crippen LogP contribution in [-0.2, 0) is 4.79 Å². The molecule has 1 aliphatic carbocycles. The van der Waals surface area contributed by atoms with Crippen LogP contribution in [0.25, 0.3) is 0 Å². The molecule has 0 amide bonds. The van der Waals surface area contributed by atoms with Gasteiger partial charge in [-0.2, -0.15) is 0 Å². The van der Waals surface area contributed by atoms with E-state index in [4.69, 9.17) is 11.6 Å². The summed E-state index contributed by atoms with van der Waals surface area (Å²) in [5.74, 6) is 0.290. The molecule has 0 unspecified atom stereocenters. The second-order valence-electron chi connectivity index (χ2n) is 7.51. The molecule has 2 aromatic carbocycles. The lowest BCUT2D eigenvalue weighted by Crippen LogP contribution is -2.26. The van der Waals surface area contributed by atoms with E-state index in [-0.39, 0.29) is 17.7 Å². The number of carbonyl (C=O) groups is 1. The number of halogens is 1. The molecule has 144 valence electrons. The number of ketones is 1. The van der Waals surface area contributed by atoms with Gasteiger partial charge in [-0.25, -0.2) is 0 Å². The summed E-state index contributed by atoms with van der Waals surface area (Å²) in [6.07, 6.45) is 4.84. The summed E-state index contributed by atoms with van der Waals surface area (Å²) >= 11 is 6.05. The average molecular weight is 402 g/mol. The van der Waals surface area contributed by atoms with E-state index in [0.29, 0.717) is 11.4 Å². The van der Waals surface area contributed by atoms with E-state index < -0.39 is 0 Å². The molecule has 0 bridgehead atoms. The molecule has 2 N–H and O–H groups in total. The standard InChI is InChI=1S/C24H20ClN3O/c25-18-9-7-15(8-10-18)17-12-21-23(22(29)13-17)24(16-4-3-11-26-14-16)28-20-6-2-1-5-19(20)27-21/h1-11,14,17,24,27-28H,12-13H2/t17-,24+/m0/s1. The Morgan fingerprint density at radius 2 is 1.69 bits per heavy atom. The molecule has 0 saturated heterocycles. The van der Waals surface area contributed by atoms with Gasteiger partial charge in [-0.05, 0) is 53.8 Å². The Balaban J connectivity index is 1.60. The number of hydrogen-bond acceptors (Lipinski definition) is 4. The molecular weight excluding hydrogens is 382 g/mol. The van der Waals surface area contributed by atoms with Crippen LogP contribution in [0.3, 0.4) is 0 Å². The van der Waals surface area contributed by atoms with Gasteiger partial charge in [-0.3, -0.25) is 9.78 Å². The molecule has 5 rings (SSSR count). The minimum atomic E-state index is -0.228. The summed E-state index contributed by atoms with van der Waals surface area (Å²) < 4.78 is 0. The van der Waals surface area contributed by atoms with Crippen molar-refractivity contribution in [1.82, 2.24) is 4.98 Å². The third kappa shape index (κ3) is 3.40. The number of hydrogen-bond donors (Lipinski definition) is 2. The molecule has 2 atom stereocenters. The largest absolute Gasteiger partial charge is 0.372 e. The van der Waals surface area contributed by atoms with Crippen molar-refractivity contribution in [3.8, 4) is 0 Å². The van der Waals surface area contributed by atoms with E-state index in [9.17, 15) is 4.79 Å². The molecule has 3 aromatic rings. The van der Waals surface area contributed by atoms with E-state index in [2.05, 4.69) is 15.6 Å². The Kier molecular flexibility index (Phi) is 4.57. The van der Waals surface area contributed by atoms with Gasteiger partial charge >= 0.3 is 0 Å². The van der Waals surface area contributed by atoms with Crippen LogP contribution in [0, 0.1) is 0 Å². The third-order valence-corrected chi connectivity index (χ3v) is 5.92. The highest BCUT2D eigenvalue weighted by Gasteiger charge is 2.36. The molecule has 0 fully saturated rings. The maximum absolute atomic E-state index is 13.4. The summed E-state index contributed by atoms with van der Waals surface area (Å²) in [6, 6.07) is 19.6. The number of rotatable bonds is 2. The SMILES string of the molecule is O=C1C[C@@H](c2ccc(Cl)cc2)CC2=C1[C@@H](c1cccnc1)Nc1ccccc1N2. The van der Waals surface area contributed by atoms with Crippen LogP contribution in [-0.4, -0.2) is 10.8 Å². The monoisotopic (exact) mass is 401 g/mol. The number of carbonyl (C=O) groups excluding carboxylic acids is 1. The highest BCUT2D eigenvalue weighted by atomic mass is 35.5. The zero-order chi connectivity index (χ0) is 19.8. The Morgan fingerprint density at radius 3 is 2.45 bits per heavy atom. The third-order valence-electron chi connectivity index (χ3n) is 5.67. The zero-order valence-corrected chi connectivity index (χ0v) is 16.5. The van der Waals surface area contributed by atoms with Crippen LogP contribution in [0.15, 0.2) is 84.3 Å². The molecule has 29 heavy (non-hydrogen) atoms. The minimum absolute atomic E-state index is 0.130. The molecule has 5 heteroatoms.